The molecule has 3 N–H and O–H groups in total. The number of nitrogens with two attached hydrogens (primary N) is 1. The van der Waals surface area contributed by atoms with Crippen molar-refractivity contribution in [2.75, 3.05) is 6.54 Å². The van der Waals surface area contributed by atoms with Gasteiger partial charge >= 0.3 is 5.97 Å². The van der Waals surface area contributed by atoms with Crippen molar-refractivity contribution in [3.8, 4) is 0 Å². The lowest BCUT2D eigenvalue weighted by atomic mass is 10.2. The Hall–Kier alpha value is -2.22. The Morgan fingerprint density at radius 1 is 1.61 bits per heavy atom. The molecule has 0 saturated heterocycles. The molecule has 0 aliphatic heterocycles. The molecule has 0 spiro atoms. The van der Waals surface area contributed by atoms with Gasteiger partial charge in [0.2, 0.25) is 0 Å². The monoisotopic (exact) mass is 251 g/mol. The molecule has 0 amide bonds. The lowest BCUT2D eigenvalue weighted by Gasteiger charge is -2.03. The predicted molar refractivity (Wildman–Crippen MR) is 60.1 cm³/mol. The maximum absolute atomic E-state index is 11.0. The molecule has 0 atom stereocenters. The topological polar surface area (TPSA) is 120 Å². The quantitative estimate of drug-likeness (QED) is 0.756. The first-order chi connectivity index (χ1) is 8.61. The molecule has 8 heteroatoms. The lowest BCUT2D eigenvalue weighted by molar-refractivity contribution is 0.0689. The van der Waals surface area contributed by atoms with Gasteiger partial charge in [-0.05, 0) is 13.5 Å². The van der Waals surface area contributed by atoms with E-state index in [1.165, 1.54) is 4.68 Å². The minimum absolute atomic E-state index is 0.0725. The smallest absolute Gasteiger partial charge is 0.358 e. The third-order valence-corrected chi connectivity index (χ3v) is 2.40. The van der Waals surface area contributed by atoms with E-state index >= 15 is 0 Å². The van der Waals surface area contributed by atoms with Crippen molar-refractivity contribution >= 4 is 5.97 Å². The number of aromatic carboxylic acids is 1. The molecule has 2 rings (SSSR count). The lowest BCUT2D eigenvalue weighted by Crippen LogP contribution is -2.13. The van der Waals surface area contributed by atoms with Crippen LogP contribution in [0.3, 0.4) is 0 Å². The highest BCUT2D eigenvalue weighted by Gasteiger charge is 2.19. The zero-order valence-electron chi connectivity index (χ0n) is 9.83. The van der Waals surface area contributed by atoms with Crippen LogP contribution in [-0.4, -0.2) is 37.8 Å². The second-order valence-corrected chi connectivity index (χ2v) is 3.82. The van der Waals surface area contributed by atoms with Crippen LogP contribution in [0, 0.1) is 6.92 Å². The zero-order valence-corrected chi connectivity index (χ0v) is 9.83. The molecule has 96 valence electrons. The van der Waals surface area contributed by atoms with Crippen molar-refractivity contribution in [1.82, 2.24) is 20.2 Å². The third kappa shape index (κ3) is 2.38. The molecule has 0 aromatic carbocycles. The number of carboxylic acid groups (broad SMARTS) is 1. The van der Waals surface area contributed by atoms with Crippen molar-refractivity contribution < 1.29 is 14.4 Å². The van der Waals surface area contributed by atoms with Gasteiger partial charge in [-0.2, -0.15) is 0 Å². The van der Waals surface area contributed by atoms with Crippen molar-refractivity contribution in [3.05, 3.63) is 28.9 Å². The summed E-state index contributed by atoms with van der Waals surface area (Å²) >= 11 is 0. The Kier molecular flexibility index (Phi) is 3.38. The number of nitrogens with zero attached hydrogens (tertiary/aromatic N) is 4. The van der Waals surface area contributed by atoms with Gasteiger partial charge in [-0.25, -0.2) is 9.48 Å². The van der Waals surface area contributed by atoms with Crippen LogP contribution >= 0.6 is 0 Å². The Bertz CT molecular complexity index is 560. The summed E-state index contributed by atoms with van der Waals surface area (Å²) in [6.45, 7) is 2.41. The second-order valence-electron chi connectivity index (χ2n) is 3.82. The summed E-state index contributed by atoms with van der Waals surface area (Å²) in [6, 6.07) is 1.76. The summed E-state index contributed by atoms with van der Waals surface area (Å²) in [7, 11) is 0. The van der Waals surface area contributed by atoms with Crippen molar-refractivity contribution in [2.24, 2.45) is 5.73 Å². The van der Waals surface area contributed by atoms with Crippen molar-refractivity contribution in [2.45, 2.75) is 19.9 Å². The maximum atomic E-state index is 11.0. The second kappa shape index (κ2) is 4.96. The minimum atomic E-state index is -1.11. The number of hydrogen-bond acceptors (Lipinski definition) is 6. The summed E-state index contributed by atoms with van der Waals surface area (Å²) in [6.07, 6.45) is 0.391. The molecule has 0 unspecified atom stereocenters. The van der Waals surface area contributed by atoms with Crippen LogP contribution in [0.15, 0.2) is 10.6 Å². The van der Waals surface area contributed by atoms with Crippen LogP contribution in [0.2, 0.25) is 0 Å². The minimum Gasteiger partial charge on any atom is -0.476 e. The van der Waals surface area contributed by atoms with E-state index in [9.17, 15) is 4.79 Å². The van der Waals surface area contributed by atoms with E-state index in [2.05, 4.69) is 15.5 Å². The van der Waals surface area contributed by atoms with Gasteiger partial charge in [0.05, 0.1) is 11.4 Å². The summed E-state index contributed by atoms with van der Waals surface area (Å²) < 4.78 is 6.52. The number of hydrogen-bond donors (Lipinski definition) is 2. The van der Waals surface area contributed by atoms with Gasteiger partial charge in [0.15, 0.2) is 11.5 Å². The highest BCUT2D eigenvalue weighted by Crippen LogP contribution is 2.10. The Morgan fingerprint density at radius 2 is 2.39 bits per heavy atom. The molecular weight excluding hydrogens is 238 g/mol. The Labute approximate surface area is 102 Å². The molecule has 0 bridgehead atoms. The third-order valence-electron chi connectivity index (χ3n) is 2.40. The highest BCUT2D eigenvalue weighted by molar-refractivity contribution is 5.86. The van der Waals surface area contributed by atoms with E-state index in [0.29, 0.717) is 24.4 Å². The van der Waals surface area contributed by atoms with E-state index in [-0.39, 0.29) is 12.2 Å². The molecule has 0 fully saturated rings. The average Bonchev–Trinajstić information content (AvgIpc) is 2.88. The summed E-state index contributed by atoms with van der Waals surface area (Å²) in [5.41, 5.74) is 6.62. The summed E-state index contributed by atoms with van der Waals surface area (Å²) in [5, 5.41) is 20.2. The fraction of sp³-hybridized carbons (Fsp3) is 0.400. The largest absolute Gasteiger partial charge is 0.476 e. The maximum Gasteiger partial charge on any atom is 0.358 e. The van der Waals surface area contributed by atoms with Crippen molar-refractivity contribution in [1.29, 1.82) is 0 Å². The number of carbonyl (C=O) groups is 1. The SMILES string of the molecule is Cc1cc(Cn2nnc(C(=O)O)c2CCN)on1. The fourth-order valence-corrected chi connectivity index (χ4v) is 1.65. The highest BCUT2D eigenvalue weighted by atomic mass is 16.5. The standard InChI is InChI=1S/C10H13N5O3/c1-6-4-7(18-13-6)5-15-8(2-3-11)9(10(16)17)12-14-15/h4H,2-3,5,11H2,1H3,(H,16,17). The van der Waals surface area contributed by atoms with Gasteiger partial charge in [0.25, 0.3) is 0 Å². The fourth-order valence-electron chi connectivity index (χ4n) is 1.65. The van der Waals surface area contributed by atoms with Crippen LogP contribution in [0.1, 0.15) is 27.6 Å². The Balaban J connectivity index is 2.29. The number of aryl methyl sites for hydroxylation is 1. The molecule has 2 aromatic heterocycles. The first-order valence-corrected chi connectivity index (χ1v) is 5.39. The van der Waals surface area contributed by atoms with E-state index < -0.39 is 5.97 Å². The summed E-state index contributed by atoms with van der Waals surface area (Å²) in [4.78, 5) is 11.0. The molecule has 0 radical (unpaired) electrons. The zero-order chi connectivity index (χ0) is 13.1. The molecule has 0 aliphatic carbocycles. The molecule has 0 aliphatic rings. The first-order valence-electron chi connectivity index (χ1n) is 5.39. The van der Waals surface area contributed by atoms with Gasteiger partial charge in [-0.15, -0.1) is 5.10 Å². The van der Waals surface area contributed by atoms with E-state index in [4.69, 9.17) is 15.4 Å². The van der Waals surface area contributed by atoms with E-state index in [0.717, 1.165) is 5.69 Å². The molecule has 8 nitrogen and oxygen atoms in total. The number of rotatable bonds is 5. The van der Waals surface area contributed by atoms with Crippen LogP contribution in [0.4, 0.5) is 0 Å². The van der Waals surface area contributed by atoms with E-state index in [1.54, 1.807) is 13.0 Å². The molecule has 2 aromatic rings. The molecule has 0 saturated carbocycles. The van der Waals surface area contributed by atoms with Crippen LogP contribution in [0.25, 0.3) is 0 Å². The van der Waals surface area contributed by atoms with Gasteiger partial charge < -0.3 is 15.4 Å². The number of carboxylic acids is 1. The van der Waals surface area contributed by atoms with Gasteiger partial charge in [0, 0.05) is 12.5 Å². The summed E-state index contributed by atoms with van der Waals surface area (Å²) in [5.74, 6) is -0.522. The first kappa shape index (κ1) is 12.2. The van der Waals surface area contributed by atoms with Crippen LogP contribution in [0.5, 0.6) is 0 Å². The molecular formula is C10H13N5O3. The Morgan fingerprint density at radius 3 is 2.94 bits per heavy atom. The van der Waals surface area contributed by atoms with Crippen molar-refractivity contribution in [3.63, 3.8) is 0 Å². The predicted octanol–water partition coefficient (Wildman–Crippen LogP) is -0.178. The van der Waals surface area contributed by atoms with E-state index in [1.807, 2.05) is 0 Å². The average molecular weight is 251 g/mol. The molecule has 2 heterocycles. The van der Waals surface area contributed by atoms with Crippen LogP contribution < -0.4 is 5.73 Å². The number of aromatic nitrogens is 4. The van der Waals surface area contributed by atoms with Crippen LogP contribution in [-0.2, 0) is 13.0 Å². The normalized spacial score (nSPS) is 10.8. The van der Waals surface area contributed by atoms with Gasteiger partial charge in [0.1, 0.15) is 6.54 Å². The van der Waals surface area contributed by atoms with Gasteiger partial charge in [-0.3, -0.25) is 0 Å². The molecule has 18 heavy (non-hydrogen) atoms. The van der Waals surface area contributed by atoms with Gasteiger partial charge in [-0.1, -0.05) is 10.4 Å².